The maximum absolute atomic E-state index is 13.2. The van der Waals surface area contributed by atoms with Gasteiger partial charge in [0.25, 0.3) is 11.7 Å². The van der Waals surface area contributed by atoms with Crippen LogP contribution in [0.3, 0.4) is 0 Å². The molecule has 1 amide bonds. The maximum atomic E-state index is 13.2. The van der Waals surface area contributed by atoms with Crippen LogP contribution in [-0.4, -0.2) is 44.4 Å². The van der Waals surface area contributed by atoms with Gasteiger partial charge in [0.15, 0.2) is 0 Å². The van der Waals surface area contributed by atoms with Crippen molar-refractivity contribution in [1.82, 2.24) is 14.5 Å². The third-order valence-corrected chi connectivity index (χ3v) is 6.33. The molecule has 4 rings (SSSR count). The van der Waals surface area contributed by atoms with Crippen molar-refractivity contribution in [3.8, 4) is 5.75 Å². The molecule has 7 nitrogen and oxygen atoms in total. The third-order valence-electron chi connectivity index (χ3n) is 6.33. The number of carbonyl (C=O) groups is 2. The van der Waals surface area contributed by atoms with E-state index in [0.717, 1.165) is 11.1 Å². The molecule has 0 radical (unpaired) electrons. The first kappa shape index (κ1) is 25.0. The fourth-order valence-electron chi connectivity index (χ4n) is 4.38. The molecule has 0 bridgehead atoms. The van der Waals surface area contributed by atoms with Gasteiger partial charge in [0, 0.05) is 31.0 Å². The molecule has 3 aromatic rings. The van der Waals surface area contributed by atoms with Crippen LogP contribution in [0, 0.1) is 0 Å². The van der Waals surface area contributed by atoms with Crippen molar-refractivity contribution in [3.05, 3.63) is 102 Å². The summed E-state index contributed by atoms with van der Waals surface area (Å²) in [4.78, 5) is 32.0. The monoisotopic (exact) mass is 485 g/mol. The molecular weight excluding hydrogens is 454 g/mol. The summed E-state index contributed by atoms with van der Waals surface area (Å²) in [5, 5.41) is 11.3. The standard InChI is InChI=1S/C29H31N3O4/c1-4-18-36-24-12-10-23(11-13-24)27(33)25-26(22-8-6-21(7-9-22)20(2)3)32(29(35)28(25)34)16-5-15-31-17-14-30-19-31/h4,6-14,17,19-20,26,33H,1,5,15-16,18H2,2-3H3/b27-25+/t26-/m0/s1. The van der Waals surface area contributed by atoms with Crippen LogP contribution in [0.25, 0.3) is 5.76 Å². The molecule has 0 saturated carbocycles. The summed E-state index contributed by atoms with van der Waals surface area (Å²) >= 11 is 0. The van der Waals surface area contributed by atoms with Gasteiger partial charge in [-0.05, 0) is 47.7 Å². The largest absolute Gasteiger partial charge is 0.507 e. The van der Waals surface area contributed by atoms with Crippen molar-refractivity contribution in [3.63, 3.8) is 0 Å². The minimum absolute atomic E-state index is 0.0969. The van der Waals surface area contributed by atoms with Gasteiger partial charge in [-0.15, -0.1) is 0 Å². The molecule has 0 spiro atoms. The Morgan fingerprint density at radius 1 is 1.11 bits per heavy atom. The van der Waals surface area contributed by atoms with Gasteiger partial charge < -0.3 is 19.3 Å². The van der Waals surface area contributed by atoms with Crippen LogP contribution in [0.2, 0.25) is 0 Å². The molecule has 1 N–H and O–H groups in total. The van der Waals surface area contributed by atoms with Gasteiger partial charge in [0.1, 0.15) is 18.1 Å². The number of aliphatic hydroxyl groups excluding tert-OH is 1. The summed E-state index contributed by atoms with van der Waals surface area (Å²) in [5.74, 6) is -0.514. The molecule has 1 atom stereocenters. The van der Waals surface area contributed by atoms with Gasteiger partial charge in [-0.1, -0.05) is 50.8 Å². The van der Waals surface area contributed by atoms with E-state index in [-0.39, 0.29) is 11.3 Å². The molecule has 0 aliphatic carbocycles. The average Bonchev–Trinajstić information content (AvgIpc) is 3.50. The Morgan fingerprint density at radius 2 is 1.83 bits per heavy atom. The van der Waals surface area contributed by atoms with Gasteiger partial charge in [0.2, 0.25) is 0 Å². The van der Waals surface area contributed by atoms with Crippen LogP contribution in [0.1, 0.15) is 48.9 Å². The summed E-state index contributed by atoms with van der Waals surface area (Å²) in [6, 6.07) is 14.0. The van der Waals surface area contributed by atoms with Gasteiger partial charge in [0.05, 0.1) is 17.9 Å². The summed E-state index contributed by atoms with van der Waals surface area (Å²) < 4.78 is 7.44. The van der Waals surface area contributed by atoms with Crippen LogP contribution in [0.5, 0.6) is 5.75 Å². The first-order valence-corrected chi connectivity index (χ1v) is 12.1. The highest BCUT2D eigenvalue weighted by atomic mass is 16.5. The van der Waals surface area contributed by atoms with E-state index in [2.05, 4.69) is 25.4 Å². The number of nitrogens with zero attached hydrogens (tertiary/aromatic N) is 3. The molecular formula is C29H31N3O4. The van der Waals surface area contributed by atoms with Gasteiger partial charge in [-0.2, -0.15) is 0 Å². The number of benzene rings is 2. The number of rotatable bonds is 10. The van der Waals surface area contributed by atoms with E-state index in [0.29, 0.717) is 43.3 Å². The number of aromatic nitrogens is 2. The van der Waals surface area contributed by atoms with E-state index in [1.807, 2.05) is 35.0 Å². The number of likely N-dealkylation sites (tertiary alicyclic amines) is 1. The third kappa shape index (κ3) is 5.25. The number of imidazole rings is 1. The van der Waals surface area contributed by atoms with Crippen LogP contribution >= 0.6 is 0 Å². The Hall–Kier alpha value is -4.13. The Balaban J connectivity index is 1.70. The number of carbonyl (C=O) groups excluding carboxylic acids is 2. The van der Waals surface area contributed by atoms with E-state index >= 15 is 0 Å². The van der Waals surface area contributed by atoms with Gasteiger partial charge in [-0.3, -0.25) is 9.59 Å². The first-order chi connectivity index (χ1) is 17.4. The Labute approximate surface area is 211 Å². The van der Waals surface area contributed by atoms with Crippen LogP contribution in [0.4, 0.5) is 0 Å². The molecule has 1 aromatic heterocycles. The number of aryl methyl sites for hydroxylation is 1. The highest BCUT2D eigenvalue weighted by Gasteiger charge is 2.45. The van der Waals surface area contributed by atoms with Crippen LogP contribution < -0.4 is 4.74 Å². The second-order valence-electron chi connectivity index (χ2n) is 9.09. The summed E-state index contributed by atoms with van der Waals surface area (Å²) in [5.41, 5.74) is 2.49. The molecule has 1 aliphatic rings. The number of ether oxygens (including phenoxy) is 1. The van der Waals surface area contributed by atoms with E-state index in [1.165, 1.54) is 0 Å². The van der Waals surface area contributed by atoms with E-state index in [9.17, 15) is 14.7 Å². The molecule has 2 heterocycles. The van der Waals surface area contributed by atoms with E-state index in [4.69, 9.17) is 4.74 Å². The minimum atomic E-state index is -0.681. The smallest absolute Gasteiger partial charge is 0.295 e. The molecule has 1 saturated heterocycles. The van der Waals surface area contributed by atoms with Gasteiger partial charge >= 0.3 is 0 Å². The number of amides is 1. The average molecular weight is 486 g/mol. The summed E-state index contributed by atoms with van der Waals surface area (Å²) in [6.07, 6.45) is 7.57. The Bertz CT molecular complexity index is 1240. The molecule has 2 aromatic carbocycles. The molecule has 36 heavy (non-hydrogen) atoms. The van der Waals surface area contributed by atoms with E-state index in [1.54, 1.807) is 47.8 Å². The fourth-order valence-corrected chi connectivity index (χ4v) is 4.38. The zero-order chi connectivity index (χ0) is 25.7. The lowest BCUT2D eigenvalue weighted by molar-refractivity contribution is -0.139. The highest BCUT2D eigenvalue weighted by Crippen LogP contribution is 2.40. The van der Waals surface area contributed by atoms with Crippen molar-refractivity contribution in [2.24, 2.45) is 0 Å². The Kier molecular flexibility index (Phi) is 7.68. The second kappa shape index (κ2) is 11.1. The van der Waals surface area contributed by atoms with Crippen molar-refractivity contribution >= 4 is 17.4 Å². The number of ketones is 1. The van der Waals surface area contributed by atoms with E-state index < -0.39 is 17.7 Å². The predicted molar refractivity (Wildman–Crippen MR) is 139 cm³/mol. The lowest BCUT2D eigenvalue weighted by Crippen LogP contribution is -2.31. The molecule has 7 heteroatoms. The summed E-state index contributed by atoms with van der Waals surface area (Å²) in [6.45, 7) is 9.24. The van der Waals surface area contributed by atoms with Gasteiger partial charge in [-0.25, -0.2) is 4.98 Å². The SMILES string of the molecule is C=CCOc1ccc(/C(O)=C2\C(=O)C(=O)N(CCCn3ccnc3)[C@H]2c2ccc(C(C)C)cc2)cc1. The quantitative estimate of drug-likeness (QED) is 0.187. The minimum Gasteiger partial charge on any atom is -0.507 e. The summed E-state index contributed by atoms with van der Waals surface area (Å²) in [7, 11) is 0. The fraction of sp³-hybridized carbons (Fsp3) is 0.276. The molecule has 0 unspecified atom stereocenters. The highest BCUT2D eigenvalue weighted by molar-refractivity contribution is 6.46. The predicted octanol–water partition coefficient (Wildman–Crippen LogP) is 5.08. The van der Waals surface area contributed by atoms with Crippen LogP contribution in [0.15, 0.2) is 85.5 Å². The number of Topliss-reactive ketones (excluding diaryl/α,β-unsaturated/α-hetero) is 1. The van der Waals surface area contributed by atoms with Crippen molar-refractivity contribution in [2.45, 2.75) is 38.8 Å². The van der Waals surface area contributed by atoms with Crippen LogP contribution in [-0.2, 0) is 16.1 Å². The number of hydrogen-bond donors (Lipinski definition) is 1. The van der Waals surface area contributed by atoms with Crippen molar-refractivity contribution < 1.29 is 19.4 Å². The Morgan fingerprint density at radius 3 is 2.44 bits per heavy atom. The lowest BCUT2D eigenvalue weighted by Gasteiger charge is -2.26. The lowest BCUT2D eigenvalue weighted by atomic mass is 9.93. The maximum Gasteiger partial charge on any atom is 0.295 e. The number of hydrogen-bond acceptors (Lipinski definition) is 5. The van der Waals surface area contributed by atoms with Crippen molar-refractivity contribution in [2.75, 3.05) is 13.2 Å². The first-order valence-electron chi connectivity index (χ1n) is 12.1. The topological polar surface area (TPSA) is 84.7 Å². The zero-order valence-corrected chi connectivity index (χ0v) is 20.6. The molecule has 1 aliphatic heterocycles. The molecule has 186 valence electrons. The normalized spacial score (nSPS) is 17.1. The zero-order valence-electron chi connectivity index (χ0n) is 20.6. The number of aliphatic hydroxyl groups is 1. The molecule has 1 fully saturated rings. The van der Waals surface area contributed by atoms with Crippen molar-refractivity contribution in [1.29, 1.82) is 0 Å². The second-order valence-corrected chi connectivity index (χ2v) is 9.09.